The van der Waals surface area contributed by atoms with E-state index >= 15 is 0 Å². The minimum absolute atomic E-state index is 1.63. The van der Waals surface area contributed by atoms with Crippen molar-refractivity contribution in [3.8, 4) is 0 Å². The molecule has 0 spiro atoms. The molecule has 0 saturated heterocycles. The van der Waals surface area contributed by atoms with Crippen LogP contribution in [0.15, 0.2) is 0 Å². The van der Waals surface area contributed by atoms with Crippen molar-refractivity contribution in [2.45, 2.75) is 55.8 Å². The summed E-state index contributed by atoms with van der Waals surface area (Å²) in [7, 11) is 0. The zero-order valence-electron chi connectivity index (χ0n) is 14.4. The quantitative estimate of drug-likeness (QED) is 0.242. The van der Waals surface area contributed by atoms with Gasteiger partial charge in [-0.3, -0.25) is 9.47 Å². The third-order valence-electron chi connectivity index (χ3n) is 2.95. The maximum atomic E-state index is 13.1. The predicted molar refractivity (Wildman–Crippen MR) is 63.6 cm³/mol. The second-order valence-corrected chi connectivity index (χ2v) is 5.41. The molecule has 2 unspecified atom stereocenters. The van der Waals surface area contributed by atoms with Crippen LogP contribution in [0.3, 0.4) is 0 Å². The van der Waals surface area contributed by atoms with Gasteiger partial charge in [0.15, 0.2) is 5.92 Å². The van der Waals surface area contributed by atoms with Crippen molar-refractivity contribution >= 4 is 0 Å². The molecule has 0 aromatic heterocycles. The van der Waals surface area contributed by atoms with Crippen molar-refractivity contribution in [1.82, 2.24) is 0 Å². The van der Waals surface area contributed by atoms with Crippen LogP contribution in [-0.2, 0) is 14.2 Å². The number of rotatable bonds is 11. The Morgan fingerprint density at radius 3 is 1.47 bits per heavy atom. The summed E-state index contributed by atoms with van der Waals surface area (Å²) in [6.07, 6.45) is -42.7. The van der Waals surface area contributed by atoms with Crippen LogP contribution in [-0.4, -0.2) is 62.6 Å². The summed E-state index contributed by atoms with van der Waals surface area (Å²) in [5.41, 5.74) is 0. The second kappa shape index (κ2) is 9.90. The third-order valence-corrected chi connectivity index (χ3v) is 2.95. The fourth-order valence-electron chi connectivity index (χ4n) is 1.49. The van der Waals surface area contributed by atoms with Crippen LogP contribution < -0.4 is 0 Å². The van der Waals surface area contributed by atoms with Gasteiger partial charge in [0.25, 0.3) is 6.36 Å². The van der Waals surface area contributed by atoms with Gasteiger partial charge in [-0.2, -0.15) is 65.9 Å². The molecule has 0 aliphatic heterocycles. The number of hydrogen-bond acceptors (Lipinski definition) is 3. The standard InChI is InChI=1S/C12H8F17O3/c13-5(3-30-2-1-4(7(15,16)17)8(18,19)20)31-9(21,22)6(14)32-12(28,29)10(23,24)11(25,26)27/h5-6H,1-3H2. The van der Waals surface area contributed by atoms with E-state index < -0.39 is 74.9 Å². The minimum Gasteiger partial charge on any atom is -0.376 e. The summed E-state index contributed by atoms with van der Waals surface area (Å²) in [6, 6.07) is 0. The van der Waals surface area contributed by atoms with Crippen LogP contribution in [0.1, 0.15) is 6.42 Å². The Morgan fingerprint density at radius 2 is 1.09 bits per heavy atom. The smallest absolute Gasteiger partial charge is 0.376 e. The van der Waals surface area contributed by atoms with Crippen LogP contribution >= 0.6 is 0 Å². The molecular formula is C12H8F17O3. The van der Waals surface area contributed by atoms with Crippen molar-refractivity contribution < 1.29 is 88.8 Å². The number of halogens is 17. The van der Waals surface area contributed by atoms with E-state index in [0.717, 1.165) is 0 Å². The lowest BCUT2D eigenvalue weighted by Crippen LogP contribution is -2.56. The topological polar surface area (TPSA) is 27.7 Å². The first-order valence-corrected chi connectivity index (χ1v) is 7.28. The molecule has 20 heteroatoms. The van der Waals surface area contributed by atoms with E-state index in [4.69, 9.17) is 0 Å². The maximum absolute atomic E-state index is 13.1. The molecule has 0 aliphatic carbocycles. The van der Waals surface area contributed by atoms with E-state index in [-0.39, 0.29) is 0 Å². The van der Waals surface area contributed by atoms with Crippen molar-refractivity contribution in [2.24, 2.45) is 0 Å². The number of alkyl halides is 17. The molecule has 0 aromatic rings. The van der Waals surface area contributed by atoms with Crippen molar-refractivity contribution in [3.63, 3.8) is 0 Å². The first-order valence-electron chi connectivity index (χ1n) is 7.28. The number of hydrogen-bond donors (Lipinski definition) is 0. The average molecular weight is 523 g/mol. The van der Waals surface area contributed by atoms with Gasteiger partial charge in [0.1, 0.15) is 6.61 Å². The molecule has 0 fully saturated rings. The van der Waals surface area contributed by atoms with E-state index in [1.54, 1.807) is 0 Å². The van der Waals surface area contributed by atoms with Crippen LogP contribution in [0.5, 0.6) is 0 Å². The molecule has 0 N–H and O–H groups in total. The van der Waals surface area contributed by atoms with Gasteiger partial charge < -0.3 is 4.74 Å². The SMILES string of the molecule is FC(COCC[C](C(F)(F)F)C(F)(F)F)OC(F)(F)C(F)OC(F)(F)C(F)(F)C(F)(F)F. The highest BCUT2D eigenvalue weighted by Crippen LogP contribution is 2.48. The Hall–Kier alpha value is -1.31. The fourth-order valence-corrected chi connectivity index (χ4v) is 1.49. The van der Waals surface area contributed by atoms with Crippen molar-refractivity contribution in [2.75, 3.05) is 13.2 Å². The molecule has 2 atom stereocenters. The summed E-state index contributed by atoms with van der Waals surface area (Å²) in [5, 5.41) is 0. The van der Waals surface area contributed by atoms with Crippen LogP contribution in [0, 0.1) is 5.92 Å². The maximum Gasteiger partial charge on any atom is 0.462 e. The van der Waals surface area contributed by atoms with Gasteiger partial charge in [0.05, 0.1) is 0 Å². The molecule has 0 bridgehead atoms. The molecular weight excluding hydrogens is 515 g/mol. The molecule has 0 aliphatic rings. The zero-order chi connectivity index (χ0) is 26.0. The van der Waals surface area contributed by atoms with Crippen molar-refractivity contribution in [1.29, 1.82) is 0 Å². The van der Waals surface area contributed by atoms with E-state index in [2.05, 4.69) is 9.47 Å². The van der Waals surface area contributed by atoms with Crippen molar-refractivity contribution in [3.05, 3.63) is 5.92 Å². The molecule has 32 heavy (non-hydrogen) atoms. The molecule has 0 heterocycles. The van der Waals surface area contributed by atoms with Gasteiger partial charge in [0, 0.05) is 6.61 Å². The Kier molecular flexibility index (Phi) is 9.49. The summed E-state index contributed by atoms with van der Waals surface area (Å²) >= 11 is 0. The average Bonchev–Trinajstić information content (AvgIpc) is 2.49. The van der Waals surface area contributed by atoms with Crippen LogP contribution in [0.2, 0.25) is 0 Å². The normalized spacial score (nSPS) is 17.1. The Labute approximate surface area is 165 Å². The highest BCUT2D eigenvalue weighted by molar-refractivity contribution is 5.04. The Bertz CT molecular complexity index is 567. The molecule has 193 valence electrons. The van der Waals surface area contributed by atoms with Gasteiger partial charge in [0.2, 0.25) is 6.36 Å². The molecule has 0 amide bonds. The predicted octanol–water partition coefficient (Wildman–Crippen LogP) is 6.10. The number of ether oxygens (including phenoxy) is 3. The van der Waals surface area contributed by atoms with Gasteiger partial charge in [-0.15, -0.1) is 0 Å². The van der Waals surface area contributed by atoms with Crippen LogP contribution in [0.25, 0.3) is 0 Å². The lowest BCUT2D eigenvalue weighted by Gasteiger charge is -2.30. The third kappa shape index (κ3) is 8.23. The van der Waals surface area contributed by atoms with E-state index in [1.165, 1.54) is 0 Å². The van der Waals surface area contributed by atoms with Gasteiger partial charge in [-0.25, -0.2) is 8.78 Å². The molecule has 0 rings (SSSR count). The van der Waals surface area contributed by atoms with Crippen LogP contribution in [0.4, 0.5) is 74.6 Å². The van der Waals surface area contributed by atoms with E-state index in [0.29, 0.717) is 0 Å². The van der Waals surface area contributed by atoms with E-state index in [9.17, 15) is 74.6 Å². The Balaban J connectivity index is 4.87. The highest BCUT2D eigenvalue weighted by Gasteiger charge is 2.76. The first kappa shape index (κ1) is 30.7. The summed E-state index contributed by atoms with van der Waals surface area (Å²) in [6.45, 7) is -3.60. The molecule has 3 nitrogen and oxygen atoms in total. The van der Waals surface area contributed by atoms with Gasteiger partial charge >= 0.3 is 36.7 Å². The van der Waals surface area contributed by atoms with E-state index in [1.807, 2.05) is 4.74 Å². The molecule has 0 aromatic carbocycles. The zero-order valence-corrected chi connectivity index (χ0v) is 14.4. The summed E-state index contributed by atoms with van der Waals surface area (Å²) < 4.78 is 219. The first-order chi connectivity index (χ1) is 13.9. The molecule has 1 radical (unpaired) electrons. The highest BCUT2D eigenvalue weighted by atomic mass is 19.4. The summed E-state index contributed by atoms with van der Waals surface area (Å²) in [4.78, 5) is 0. The largest absolute Gasteiger partial charge is 0.462 e. The van der Waals surface area contributed by atoms with Gasteiger partial charge in [-0.1, -0.05) is 0 Å². The lowest BCUT2D eigenvalue weighted by atomic mass is 10.1. The Morgan fingerprint density at radius 1 is 0.656 bits per heavy atom. The fraction of sp³-hybridized carbons (Fsp3) is 0.917. The summed E-state index contributed by atoms with van der Waals surface area (Å²) in [5.74, 6) is -10.2. The monoisotopic (exact) mass is 523 g/mol. The second-order valence-electron chi connectivity index (χ2n) is 5.41. The molecule has 0 saturated carbocycles. The lowest BCUT2D eigenvalue weighted by molar-refractivity contribution is -0.470. The minimum atomic E-state index is -7.19. The van der Waals surface area contributed by atoms with Gasteiger partial charge in [-0.05, 0) is 6.42 Å².